The highest BCUT2D eigenvalue weighted by atomic mass is 19.4. The summed E-state index contributed by atoms with van der Waals surface area (Å²) in [7, 11) is 0. The van der Waals surface area contributed by atoms with Crippen LogP contribution in [0.5, 0.6) is 5.75 Å². The lowest BCUT2D eigenvalue weighted by Gasteiger charge is -2.56. The lowest BCUT2D eigenvalue weighted by Crippen LogP contribution is -2.59. The van der Waals surface area contributed by atoms with Gasteiger partial charge in [0.25, 0.3) is 0 Å². The minimum Gasteiger partial charge on any atom is -0.506 e. The molecule has 5 nitrogen and oxygen atoms in total. The number of aliphatic carboxylic acids is 1. The molecule has 0 aromatic heterocycles. The lowest BCUT2D eigenvalue weighted by molar-refractivity contribution is -0.192. The van der Waals surface area contributed by atoms with Gasteiger partial charge in [-0.2, -0.15) is 13.2 Å². The third kappa shape index (κ3) is 5.10. The van der Waals surface area contributed by atoms with Gasteiger partial charge in [0, 0.05) is 17.5 Å². The van der Waals surface area contributed by atoms with E-state index in [1.807, 2.05) is 0 Å². The first kappa shape index (κ1) is 24.2. The molecule has 33 heavy (non-hydrogen) atoms. The molecular weight excluding hydrogens is 433 g/mol. The van der Waals surface area contributed by atoms with Gasteiger partial charge in [0.2, 0.25) is 0 Å². The van der Waals surface area contributed by atoms with Crippen LogP contribution in [-0.4, -0.2) is 41.0 Å². The van der Waals surface area contributed by atoms with Crippen molar-refractivity contribution in [1.82, 2.24) is 5.32 Å². The molecule has 0 radical (unpaired) electrons. The van der Waals surface area contributed by atoms with Crippen LogP contribution in [0.15, 0.2) is 12.1 Å². The summed E-state index contributed by atoms with van der Waals surface area (Å²) in [6, 6.07) is 5.64. The van der Waals surface area contributed by atoms with E-state index in [0.717, 1.165) is 24.6 Å². The van der Waals surface area contributed by atoms with Crippen LogP contribution in [0.2, 0.25) is 0 Å². The molecule has 0 amide bonds. The molecule has 3 fully saturated rings. The Balaban J connectivity index is 0.000000325. The second kappa shape index (κ2) is 9.72. The maximum absolute atomic E-state index is 10.9. The number of phenols is 1. The topological polar surface area (TPSA) is 81.6 Å². The summed E-state index contributed by atoms with van der Waals surface area (Å²) in [4.78, 5) is 8.90. The van der Waals surface area contributed by atoms with E-state index in [1.54, 1.807) is 0 Å². The molecule has 2 saturated carbocycles. The summed E-state index contributed by atoms with van der Waals surface area (Å²) in [5.41, 5.74) is 4.30. The maximum Gasteiger partial charge on any atom is 0.490 e. The largest absolute Gasteiger partial charge is 0.506 e. The Morgan fingerprint density at radius 1 is 1.03 bits per heavy atom. The van der Waals surface area contributed by atoms with Crippen LogP contribution in [0.3, 0.4) is 0 Å². The van der Waals surface area contributed by atoms with E-state index < -0.39 is 12.1 Å². The first-order chi connectivity index (χ1) is 15.7. The van der Waals surface area contributed by atoms with E-state index in [1.165, 1.54) is 81.8 Å². The number of hydrogen-bond donors (Lipinski definition) is 4. The third-order valence-electron chi connectivity index (χ3n) is 8.22. The number of anilines is 1. The first-order valence-electron chi connectivity index (χ1n) is 12.4. The highest BCUT2D eigenvalue weighted by Crippen LogP contribution is 2.55. The zero-order valence-electron chi connectivity index (χ0n) is 19.0. The van der Waals surface area contributed by atoms with Crippen LogP contribution in [-0.2, 0) is 16.6 Å². The molecule has 1 aromatic rings. The number of carbonyl (C=O) groups is 1. The van der Waals surface area contributed by atoms with Crippen LogP contribution in [0.25, 0.3) is 0 Å². The van der Waals surface area contributed by atoms with E-state index in [0.29, 0.717) is 23.2 Å². The molecule has 0 unspecified atom stereocenters. The molecule has 4 aliphatic rings. The highest BCUT2D eigenvalue weighted by Gasteiger charge is 2.51. The number of phenolic OH excluding ortho intramolecular Hbond substituents is 1. The van der Waals surface area contributed by atoms with Gasteiger partial charge in [-0.3, -0.25) is 0 Å². The molecule has 1 aliphatic heterocycles. The smallest absolute Gasteiger partial charge is 0.490 e. The quantitative estimate of drug-likeness (QED) is 0.340. The SMILES string of the molecule is O=C(O)C(F)(F)F.Oc1cc2c(cc1NC1CCCCCC1)C[C@@H]1NCC[C@]23CCCC[C@H]13. The molecule has 1 heterocycles. The van der Waals surface area contributed by atoms with Crippen molar-refractivity contribution in [2.24, 2.45) is 5.92 Å². The van der Waals surface area contributed by atoms with Crippen LogP contribution < -0.4 is 10.6 Å². The minimum atomic E-state index is -5.08. The minimum absolute atomic E-state index is 0.333. The van der Waals surface area contributed by atoms with Gasteiger partial charge in [-0.1, -0.05) is 38.5 Å². The maximum atomic E-state index is 10.9. The average molecular weight is 469 g/mol. The molecule has 0 spiro atoms. The van der Waals surface area contributed by atoms with Gasteiger partial charge in [-0.25, -0.2) is 4.79 Å². The van der Waals surface area contributed by atoms with Gasteiger partial charge in [-0.15, -0.1) is 0 Å². The molecule has 184 valence electrons. The molecular formula is C25H35F3N2O3. The predicted octanol–water partition coefficient (Wildman–Crippen LogP) is 5.51. The Hall–Kier alpha value is -1.96. The van der Waals surface area contributed by atoms with Crippen molar-refractivity contribution in [2.75, 3.05) is 11.9 Å². The number of nitrogens with one attached hydrogen (secondary N) is 2. The molecule has 8 heteroatoms. The van der Waals surface area contributed by atoms with Gasteiger partial charge < -0.3 is 20.8 Å². The van der Waals surface area contributed by atoms with Crippen molar-refractivity contribution in [1.29, 1.82) is 0 Å². The van der Waals surface area contributed by atoms with Gasteiger partial charge >= 0.3 is 12.1 Å². The summed E-state index contributed by atoms with van der Waals surface area (Å²) in [5.74, 6) is -1.49. The Morgan fingerprint density at radius 2 is 1.70 bits per heavy atom. The van der Waals surface area contributed by atoms with Crippen molar-refractivity contribution in [3.63, 3.8) is 0 Å². The molecule has 1 saturated heterocycles. The van der Waals surface area contributed by atoms with Crippen molar-refractivity contribution in [3.8, 4) is 5.75 Å². The van der Waals surface area contributed by atoms with Crippen LogP contribution in [0.4, 0.5) is 18.9 Å². The van der Waals surface area contributed by atoms with Crippen LogP contribution in [0.1, 0.15) is 81.8 Å². The summed E-state index contributed by atoms with van der Waals surface area (Å²) in [6.07, 6.45) is 10.6. The zero-order chi connectivity index (χ0) is 23.6. The Morgan fingerprint density at radius 3 is 2.36 bits per heavy atom. The Kier molecular flexibility index (Phi) is 7.12. The van der Waals surface area contributed by atoms with Crippen LogP contribution >= 0.6 is 0 Å². The van der Waals surface area contributed by atoms with E-state index >= 15 is 0 Å². The first-order valence-corrected chi connectivity index (χ1v) is 12.4. The molecule has 5 rings (SSSR count). The van der Waals surface area contributed by atoms with E-state index in [-0.39, 0.29) is 0 Å². The number of carboxylic acids is 1. The van der Waals surface area contributed by atoms with Gasteiger partial charge in [0.15, 0.2) is 0 Å². The molecule has 1 aromatic carbocycles. The summed E-state index contributed by atoms with van der Waals surface area (Å²) < 4.78 is 31.7. The predicted molar refractivity (Wildman–Crippen MR) is 121 cm³/mol. The van der Waals surface area contributed by atoms with Crippen molar-refractivity contribution >= 4 is 11.7 Å². The van der Waals surface area contributed by atoms with Gasteiger partial charge in [0.1, 0.15) is 5.75 Å². The molecule has 4 N–H and O–H groups in total. The second-order valence-electron chi connectivity index (χ2n) is 10.2. The Bertz CT molecular complexity index is 848. The van der Waals surface area contributed by atoms with E-state index in [4.69, 9.17) is 9.90 Å². The molecule has 2 bridgehead atoms. The summed E-state index contributed by atoms with van der Waals surface area (Å²) in [5, 5.41) is 25.5. The number of rotatable bonds is 2. The fourth-order valence-electron chi connectivity index (χ4n) is 6.73. The third-order valence-corrected chi connectivity index (χ3v) is 8.22. The highest BCUT2D eigenvalue weighted by molar-refractivity contribution is 5.73. The number of fused-ring (bicyclic) bond motifs is 1. The molecule has 3 aliphatic carbocycles. The number of benzene rings is 1. The van der Waals surface area contributed by atoms with Crippen molar-refractivity contribution in [2.45, 2.75) is 101 Å². The summed E-state index contributed by atoms with van der Waals surface area (Å²) >= 11 is 0. The summed E-state index contributed by atoms with van der Waals surface area (Å²) in [6.45, 7) is 1.14. The van der Waals surface area contributed by atoms with Crippen molar-refractivity contribution < 1.29 is 28.2 Å². The second-order valence-corrected chi connectivity index (χ2v) is 10.2. The van der Waals surface area contributed by atoms with Crippen LogP contribution in [0, 0.1) is 5.92 Å². The number of hydrogen-bond acceptors (Lipinski definition) is 4. The number of carboxylic acid groups (broad SMARTS) is 1. The standard InChI is InChI=1S/C23H34N2O.C2HF3O2/c26-22-15-19-16(14-21(22)25-17-7-3-1-2-4-8-17)13-20-18-9-5-6-10-23(18,19)11-12-24-20;3-2(4,5)1(6)7/h14-15,17-18,20,24-26H,1-13H2;(H,6,7)/t18-,20+,23+;/m1./s1. The lowest BCUT2D eigenvalue weighted by atomic mass is 9.53. The number of halogens is 3. The van der Waals surface area contributed by atoms with Crippen molar-refractivity contribution in [3.05, 3.63) is 23.3 Å². The fraction of sp³-hybridized carbons (Fsp3) is 0.720. The van der Waals surface area contributed by atoms with Gasteiger partial charge in [0.05, 0.1) is 5.69 Å². The monoisotopic (exact) mass is 468 g/mol. The van der Waals surface area contributed by atoms with E-state index in [2.05, 4.69) is 22.8 Å². The fourth-order valence-corrected chi connectivity index (χ4v) is 6.73. The number of alkyl halides is 3. The van der Waals surface area contributed by atoms with Gasteiger partial charge in [-0.05, 0) is 74.2 Å². The zero-order valence-corrected chi connectivity index (χ0v) is 19.0. The number of piperidine rings is 1. The average Bonchev–Trinajstić information content (AvgIpc) is 3.04. The van der Waals surface area contributed by atoms with E-state index in [9.17, 15) is 18.3 Å². The number of aromatic hydroxyl groups is 1. The normalized spacial score (nSPS) is 29.5. The molecule has 3 atom stereocenters. The Labute approximate surface area is 193 Å².